The fraction of sp³-hybridized carbons (Fsp3) is 0.444. The van der Waals surface area contributed by atoms with Gasteiger partial charge in [0.05, 0.1) is 13.7 Å². The van der Waals surface area contributed by atoms with Crippen LogP contribution in [0.2, 0.25) is 0 Å². The van der Waals surface area contributed by atoms with Gasteiger partial charge in [0.15, 0.2) is 6.23 Å². The minimum absolute atomic E-state index is 0.192. The normalized spacial score (nSPS) is 25.2. The predicted octanol–water partition coefficient (Wildman–Crippen LogP) is -0.649. The molecule has 1 amide bonds. The molecule has 5 N–H and O–H groups in total. The molecular weight excluding hydrogens is 461 g/mol. The predicted molar refractivity (Wildman–Crippen MR) is 110 cm³/mol. The Morgan fingerprint density at radius 1 is 1.30 bits per heavy atom. The van der Waals surface area contributed by atoms with Crippen LogP contribution >= 0.6 is 7.75 Å². The number of hydrogen-bond acceptors (Lipinski definition) is 11. The van der Waals surface area contributed by atoms with E-state index in [0.29, 0.717) is 0 Å². The van der Waals surface area contributed by atoms with E-state index >= 15 is 0 Å². The maximum atomic E-state index is 13.3. The lowest BCUT2D eigenvalue weighted by atomic mass is 10.1. The number of ether oxygens (including phenoxy) is 2. The number of amides is 1. The van der Waals surface area contributed by atoms with E-state index in [-0.39, 0.29) is 11.6 Å². The molecule has 1 aromatic carbocycles. The van der Waals surface area contributed by atoms with Crippen LogP contribution in [-0.2, 0) is 23.4 Å². The number of hydrogen-bond donors (Lipinski definition) is 4. The number of aliphatic hydroxyl groups excluding tert-OH is 2. The van der Waals surface area contributed by atoms with Gasteiger partial charge >= 0.3 is 13.7 Å². The number of carbonyl (C=O) groups is 2. The second kappa shape index (κ2) is 10.4. The maximum Gasteiger partial charge on any atom is 0.459 e. The van der Waals surface area contributed by atoms with Crippen LogP contribution in [0, 0.1) is 0 Å². The van der Waals surface area contributed by atoms with Crippen LogP contribution in [0.1, 0.15) is 23.8 Å². The fourth-order valence-electron chi connectivity index (χ4n) is 2.94. The molecule has 0 bridgehead atoms. The minimum atomic E-state index is -4.18. The molecule has 2 heterocycles. The smallest absolute Gasteiger partial charge is 0.459 e. The van der Waals surface area contributed by atoms with Crippen molar-refractivity contribution in [2.45, 2.75) is 37.5 Å². The molecule has 1 saturated heterocycles. The number of para-hydroxylation sites is 1. The Balaban J connectivity index is 1.72. The highest BCUT2D eigenvalue weighted by molar-refractivity contribution is 7.52. The Morgan fingerprint density at radius 2 is 2.00 bits per heavy atom. The van der Waals surface area contributed by atoms with Gasteiger partial charge in [0, 0.05) is 0 Å². The van der Waals surface area contributed by atoms with Gasteiger partial charge in [-0.2, -0.15) is 5.09 Å². The Morgan fingerprint density at radius 3 is 2.61 bits per heavy atom. The first-order valence-electron chi connectivity index (χ1n) is 9.71. The van der Waals surface area contributed by atoms with Crippen LogP contribution in [0.5, 0.6) is 5.75 Å². The molecule has 14 nitrogen and oxygen atoms in total. The molecule has 6 atom stereocenters. The second-order valence-electron chi connectivity index (χ2n) is 7.03. The molecule has 1 fully saturated rings. The summed E-state index contributed by atoms with van der Waals surface area (Å²) < 4.78 is 35.5. The highest BCUT2D eigenvalue weighted by atomic mass is 31.2. The lowest BCUT2D eigenvalue weighted by molar-refractivity contribution is -0.142. The average molecular weight is 485 g/mol. The molecule has 1 aromatic heterocycles. The van der Waals surface area contributed by atoms with Gasteiger partial charge in [0.2, 0.25) is 5.82 Å². The number of primary amides is 1. The number of rotatable bonds is 10. The Hall–Kier alpha value is -2.87. The number of nitrogens with zero attached hydrogens (tertiary/aromatic N) is 3. The van der Waals surface area contributed by atoms with Crippen molar-refractivity contribution in [1.29, 1.82) is 0 Å². The van der Waals surface area contributed by atoms with E-state index in [4.69, 9.17) is 19.5 Å². The largest absolute Gasteiger partial charge is 0.468 e. The summed E-state index contributed by atoms with van der Waals surface area (Å²) in [6.45, 7) is 0.898. The van der Waals surface area contributed by atoms with Crippen molar-refractivity contribution in [3.05, 3.63) is 42.5 Å². The highest BCUT2D eigenvalue weighted by Gasteiger charge is 2.46. The van der Waals surface area contributed by atoms with E-state index in [1.54, 1.807) is 18.2 Å². The molecule has 1 unspecified atom stereocenters. The van der Waals surface area contributed by atoms with Crippen molar-refractivity contribution in [1.82, 2.24) is 19.9 Å². The van der Waals surface area contributed by atoms with E-state index in [9.17, 15) is 24.4 Å². The van der Waals surface area contributed by atoms with Crippen molar-refractivity contribution in [2.24, 2.45) is 5.73 Å². The van der Waals surface area contributed by atoms with Crippen molar-refractivity contribution in [3.63, 3.8) is 0 Å². The zero-order valence-electron chi connectivity index (χ0n) is 17.7. The first kappa shape index (κ1) is 24.8. The number of aliphatic hydroxyl groups is 2. The Labute approximate surface area is 188 Å². The third-order valence-electron chi connectivity index (χ3n) is 4.61. The van der Waals surface area contributed by atoms with E-state index in [1.165, 1.54) is 26.2 Å². The molecule has 1 aliphatic rings. The number of benzene rings is 1. The van der Waals surface area contributed by atoms with Crippen molar-refractivity contribution >= 4 is 19.6 Å². The van der Waals surface area contributed by atoms with E-state index in [0.717, 1.165) is 11.0 Å². The fourth-order valence-corrected chi connectivity index (χ4v) is 4.45. The molecular formula is C18H24N5O9P. The number of nitrogens with two attached hydrogens (primary N) is 1. The molecule has 1 aliphatic heterocycles. The molecule has 2 aromatic rings. The van der Waals surface area contributed by atoms with Crippen molar-refractivity contribution < 1.29 is 42.9 Å². The number of esters is 1. The lowest BCUT2D eigenvalue weighted by Gasteiger charge is -2.24. The monoisotopic (exact) mass is 485 g/mol. The van der Waals surface area contributed by atoms with Gasteiger partial charge in [-0.15, -0.1) is 5.10 Å². The average Bonchev–Trinajstić information content (AvgIpc) is 3.38. The summed E-state index contributed by atoms with van der Waals surface area (Å²) in [5, 5.41) is 27.0. The molecule has 0 spiro atoms. The standard InChI is InChI=1S/C18H24N5O9P/c1-10(18(27)29-2)22-33(28,32-11-6-4-3-5-7-11)30-8-12-13(24)14(25)17(31-12)23-9-20-16(21-23)15(19)26/h3-7,9-10,12-14,17,24-25H,8H2,1-2H3,(H2,19,26)(H,22,28)/t10-,12+,13+,14+,17+,33?/m0/s1. The van der Waals surface area contributed by atoms with E-state index in [2.05, 4.69) is 19.9 Å². The van der Waals surface area contributed by atoms with Crippen LogP contribution in [-0.4, -0.2) is 74.9 Å². The van der Waals surface area contributed by atoms with Crippen molar-refractivity contribution in [2.75, 3.05) is 13.7 Å². The summed E-state index contributed by atoms with van der Waals surface area (Å²) in [7, 11) is -3.01. The number of methoxy groups -OCH3 is 1. The quantitative estimate of drug-likeness (QED) is 0.245. The van der Waals surface area contributed by atoms with Gasteiger partial charge in [-0.1, -0.05) is 18.2 Å². The highest BCUT2D eigenvalue weighted by Crippen LogP contribution is 2.45. The number of aromatic nitrogens is 3. The Kier molecular flexibility index (Phi) is 7.79. The van der Waals surface area contributed by atoms with E-state index in [1.807, 2.05) is 0 Å². The van der Waals surface area contributed by atoms with Crippen LogP contribution in [0.15, 0.2) is 36.7 Å². The van der Waals surface area contributed by atoms with Gasteiger partial charge in [0.25, 0.3) is 5.91 Å². The molecule has 33 heavy (non-hydrogen) atoms. The summed E-state index contributed by atoms with van der Waals surface area (Å²) in [5.74, 6) is -1.70. The number of carbonyl (C=O) groups excluding carboxylic acids is 2. The third-order valence-corrected chi connectivity index (χ3v) is 6.25. The molecule has 15 heteroatoms. The van der Waals surface area contributed by atoms with Gasteiger partial charge in [-0.3, -0.25) is 14.1 Å². The molecule has 0 aliphatic carbocycles. The lowest BCUT2D eigenvalue weighted by Crippen LogP contribution is -2.37. The molecule has 180 valence electrons. The van der Waals surface area contributed by atoms with Gasteiger partial charge in [0.1, 0.15) is 36.4 Å². The summed E-state index contributed by atoms with van der Waals surface area (Å²) in [5.41, 5.74) is 5.11. The minimum Gasteiger partial charge on any atom is -0.468 e. The van der Waals surface area contributed by atoms with Crippen LogP contribution in [0.25, 0.3) is 0 Å². The Bertz CT molecular complexity index is 1020. The first-order valence-corrected chi connectivity index (χ1v) is 11.2. The SMILES string of the molecule is COC(=O)[C@H](C)NP(=O)(OC[C@H]1O[C@@H](n2cnc(C(N)=O)n2)[C@H](O)[C@@H]1O)Oc1ccccc1. The van der Waals surface area contributed by atoms with Crippen molar-refractivity contribution in [3.8, 4) is 5.75 Å². The molecule has 0 saturated carbocycles. The zero-order chi connectivity index (χ0) is 24.2. The topological polar surface area (TPSA) is 197 Å². The van der Waals surface area contributed by atoms with Gasteiger partial charge in [-0.25, -0.2) is 14.2 Å². The first-order chi connectivity index (χ1) is 15.6. The maximum absolute atomic E-state index is 13.3. The molecule has 0 radical (unpaired) electrons. The second-order valence-corrected chi connectivity index (χ2v) is 8.72. The zero-order valence-corrected chi connectivity index (χ0v) is 18.6. The summed E-state index contributed by atoms with van der Waals surface area (Å²) in [4.78, 5) is 26.7. The third kappa shape index (κ3) is 5.93. The summed E-state index contributed by atoms with van der Waals surface area (Å²) in [6, 6.07) is 7.02. The van der Waals surface area contributed by atoms with Crippen LogP contribution < -0.4 is 15.3 Å². The van der Waals surface area contributed by atoms with Crippen LogP contribution in [0.3, 0.4) is 0 Å². The number of nitrogens with one attached hydrogen (secondary N) is 1. The summed E-state index contributed by atoms with van der Waals surface area (Å²) in [6.07, 6.45) is -4.23. The summed E-state index contributed by atoms with van der Waals surface area (Å²) >= 11 is 0. The van der Waals surface area contributed by atoms with Crippen LogP contribution in [0.4, 0.5) is 0 Å². The molecule has 3 rings (SSSR count). The van der Waals surface area contributed by atoms with Gasteiger partial charge < -0.3 is 29.9 Å². The van der Waals surface area contributed by atoms with E-state index < -0.39 is 56.8 Å². The van der Waals surface area contributed by atoms with Gasteiger partial charge in [-0.05, 0) is 19.1 Å².